The van der Waals surface area contributed by atoms with Crippen molar-refractivity contribution in [1.82, 2.24) is 0 Å². The molecule has 0 bridgehead atoms. The minimum absolute atomic E-state index is 0.0263. The van der Waals surface area contributed by atoms with Crippen molar-refractivity contribution in [2.24, 2.45) is 0 Å². The van der Waals surface area contributed by atoms with Gasteiger partial charge < -0.3 is 14.2 Å². The lowest BCUT2D eigenvalue weighted by atomic mass is 9.88. The average Bonchev–Trinajstić information content (AvgIpc) is 2.58. The second kappa shape index (κ2) is 5.65. The summed E-state index contributed by atoms with van der Waals surface area (Å²) in [4.78, 5) is 12.9. The number of rotatable bonds is 3. The van der Waals surface area contributed by atoms with E-state index in [0.29, 0.717) is 17.1 Å². The summed E-state index contributed by atoms with van der Waals surface area (Å²) in [5.41, 5.74) is 1.37. The standard InChI is InChI=1S/C17H15BrO4/c1-20-12-5-3-11(4-6-12)17(18)10-22-15-9-13(21-2)7-8-14(15)16(17)19/h3-9H,10H2,1-2H3. The predicted molar refractivity (Wildman–Crippen MR) is 86.4 cm³/mol. The van der Waals surface area contributed by atoms with E-state index < -0.39 is 4.32 Å². The van der Waals surface area contributed by atoms with Gasteiger partial charge in [0.1, 0.15) is 28.2 Å². The number of Topliss-reactive ketones (excluding diaryl/α,β-unsaturated/α-hetero) is 1. The highest BCUT2D eigenvalue weighted by molar-refractivity contribution is 9.10. The molecule has 1 aliphatic heterocycles. The molecule has 5 heteroatoms. The van der Waals surface area contributed by atoms with Crippen LogP contribution in [0.25, 0.3) is 0 Å². The Balaban J connectivity index is 1.99. The molecule has 2 aromatic carbocycles. The largest absolute Gasteiger partial charge is 0.497 e. The third-order valence-electron chi connectivity index (χ3n) is 3.77. The van der Waals surface area contributed by atoms with Crippen molar-refractivity contribution in [2.75, 3.05) is 20.8 Å². The van der Waals surface area contributed by atoms with Crippen molar-refractivity contribution < 1.29 is 19.0 Å². The van der Waals surface area contributed by atoms with E-state index >= 15 is 0 Å². The highest BCUT2D eigenvalue weighted by Gasteiger charge is 2.43. The van der Waals surface area contributed by atoms with Crippen LogP contribution in [-0.4, -0.2) is 26.6 Å². The van der Waals surface area contributed by atoms with Crippen LogP contribution in [0.2, 0.25) is 0 Å². The summed E-state index contributed by atoms with van der Waals surface area (Å²) in [6, 6.07) is 12.6. The Morgan fingerprint density at radius 3 is 2.32 bits per heavy atom. The van der Waals surface area contributed by atoms with Crippen LogP contribution in [0, 0.1) is 0 Å². The first-order chi connectivity index (χ1) is 10.6. The normalized spacial score (nSPS) is 20.0. The lowest BCUT2D eigenvalue weighted by molar-refractivity contribution is 0.0873. The molecule has 114 valence electrons. The number of halogens is 1. The van der Waals surface area contributed by atoms with Crippen molar-refractivity contribution in [2.45, 2.75) is 4.32 Å². The lowest BCUT2D eigenvalue weighted by Gasteiger charge is -2.32. The first kappa shape index (κ1) is 14.9. The van der Waals surface area contributed by atoms with Crippen molar-refractivity contribution in [3.63, 3.8) is 0 Å². The van der Waals surface area contributed by atoms with Gasteiger partial charge in [-0.2, -0.15) is 0 Å². The fourth-order valence-corrected chi connectivity index (χ4v) is 3.05. The smallest absolute Gasteiger partial charge is 0.191 e. The maximum Gasteiger partial charge on any atom is 0.191 e. The maximum atomic E-state index is 12.9. The van der Waals surface area contributed by atoms with E-state index in [1.807, 2.05) is 24.3 Å². The summed E-state index contributed by atoms with van der Waals surface area (Å²) in [5, 5.41) is 0. The van der Waals surface area contributed by atoms with Crippen molar-refractivity contribution >= 4 is 21.7 Å². The Hall–Kier alpha value is -2.01. The number of carbonyl (C=O) groups is 1. The van der Waals surface area contributed by atoms with Crippen LogP contribution in [0.15, 0.2) is 42.5 Å². The summed E-state index contributed by atoms with van der Waals surface area (Å²) >= 11 is 3.57. The molecule has 1 aliphatic rings. The minimum atomic E-state index is -0.888. The molecule has 0 saturated heterocycles. The second-order valence-electron chi connectivity index (χ2n) is 5.01. The van der Waals surface area contributed by atoms with Gasteiger partial charge in [-0.05, 0) is 29.8 Å². The van der Waals surface area contributed by atoms with Gasteiger partial charge >= 0.3 is 0 Å². The SMILES string of the molecule is COc1ccc(C2(Br)COc3cc(OC)ccc3C2=O)cc1. The molecule has 0 aliphatic carbocycles. The zero-order valence-electron chi connectivity index (χ0n) is 12.3. The quantitative estimate of drug-likeness (QED) is 0.783. The molecule has 0 aromatic heterocycles. The predicted octanol–water partition coefficient (Wildman–Crippen LogP) is 3.57. The van der Waals surface area contributed by atoms with Crippen molar-refractivity contribution in [1.29, 1.82) is 0 Å². The van der Waals surface area contributed by atoms with E-state index in [9.17, 15) is 4.79 Å². The van der Waals surface area contributed by atoms with Gasteiger partial charge in [-0.3, -0.25) is 4.79 Å². The summed E-state index contributed by atoms with van der Waals surface area (Å²) in [7, 11) is 3.19. The van der Waals surface area contributed by atoms with Crippen LogP contribution in [0.3, 0.4) is 0 Å². The maximum absolute atomic E-state index is 12.9. The molecule has 0 N–H and O–H groups in total. The number of hydrogen-bond acceptors (Lipinski definition) is 4. The fourth-order valence-electron chi connectivity index (χ4n) is 2.46. The number of methoxy groups -OCH3 is 2. The van der Waals surface area contributed by atoms with Crippen LogP contribution in [0.4, 0.5) is 0 Å². The molecule has 0 radical (unpaired) electrons. The molecule has 0 saturated carbocycles. The number of ether oxygens (including phenoxy) is 3. The van der Waals surface area contributed by atoms with Gasteiger partial charge in [-0.15, -0.1) is 0 Å². The summed E-state index contributed by atoms with van der Waals surface area (Å²) < 4.78 is 15.2. The summed E-state index contributed by atoms with van der Waals surface area (Å²) in [6.45, 7) is 0.221. The lowest BCUT2D eigenvalue weighted by Crippen LogP contribution is -2.39. The van der Waals surface area contributed by atoms with Crippen LogP contribution < -0.4 is 14.2 Å². The Morgan fingerprint density at radius 2 is 1.68 bits per heavy atom. The molecule has 0 spiro atoms. The number of alkyl halides is 1. The Kier molecular flexibility index (Phi) is 3.83. The number of hydrogen-bond donors (Lipinski definition) is 0. The van der Waals surface area contributed by atoms with E-state index in [1.54, 1.807) is 32.4 Å². The van der Waals surface area contributed by atoms with Gasteiger partial charge in [0, 0.05) is 6.07 Å². The topological polar surface area (TPSA) is 44.8 Å². The fraction of sp³-hybridized carbons (Fsp3) is 0.235. The van der Waals surface area contributed by atoms with Gasteiger partial charge in [-0.1, -0.05) is 28.1 Å². The van der Waals surface area contributed by atoms with Gasteiger partial charge in [0.05, 0.1) is 19.8 Å². The van der Waals surface area contributed by atoms with Crippen LogP contribution in [-0.2, 0) is 4.32 Å². The Labute approximate surface area is 137 Å². The van der Waals surface area contributed by atoms with E-state index in [4.69, 9.17) is 14.2 Å². The Bertz CT molecular complexity index is 711. The van der Waals surface area contributed by atoms with Crippen molar-refractivity contribution in [3.8, 4) is 17.2 Å². The van der Waals surface area contributed by atoms with Gasteiger partial charge in [0.25, 0.3) is 0 Å². The number of ketones is 1. The van der Waals surface area contributed by atoms with Crippen LogP contribution in [0.1, 0.15) is 15.9 Å². The van der Waals surface area contributed by atoms with E-state index in [0.717, 1.165) is 11.3 Å². The first-order valence-corrected chi connectivity index (χ1v) is 7.57. The number of carbonyl (C=O) groups excluding carboxylic acids is 1. The molecule has 3 rings (SSSR count). The van der Waals surface area contributed by atoms with E-state index in [-0.39, 0.29) is 12.4 Å². The molecule has 2 aromatic rings. The van der Waals surface area contributed by atoms with E-state index in [2.05, 4.69) is 15.9 Å². The van der Waals surface area contributed by atoms with Crippen LogP contribution in [0.5, 0.6) is 17.2 Å². The van der Waals surface area contributed by atoms with Crippen molar-refractivity contribution in [3.05, 3.63) is 53.6 Å². The molecular formula is C17H15BrO4. The van der Waals surface area contributed by atoms with E-state index in [1.165, 1.54) is 0 Å². The third kappa shape index (κ3) is 2.35. The molecule has 1 heterocycles. The average molecular weight is 363 g/mol. The molecule has 1 atom stereocenters. The van der Waals surface area contributed by atoms with Gasteiger partial charge in [-0.25, -0.2) is 0 Å². The molecule has 22 heavy (non-hydrogen) atoms. The summed E-state index contributed by atoms with van der Waals surface area (Å²) in [5.74, 6) is 1.93. The van der Waals surface area contributed by atoms with Gasteiger partial charge in [0.15, 0.2) is 5.78 Å². The third-order valence-corrected chi connectivity index (χ3v) is 4.81. The zero-order chi connectivity index (χ0) is 15.7. The highest BCUT2D eigenvalue weighted by Crippen LogP contribution is 2.43. The molecule has 1 unspecified atom stereocenters. The zero-order valence-corrected chi connectivity index (χ0v) is 13.8. The Morgan fingerprint density at radius 1 is 1.05 bits per heavy atom. The monoisotopic (exact) mass is 362 g/mol. The molecule has 4 nitrogen and oxygen atoms in total. The first-order valence-electron chi connectivity index (χ1n) is 6.77. The summed E-state index contributed by atoms with van der Waals surface area (Å²) in [6.07, 6.45) is 0. The number of fused-ring (bicyclic) bond motifs is 1. The molecule has 0 amide bonds. The number of benzene rings is 2. The van der Waals surface area contributed by atoms with Crippen LogP contribution >= 0.6 is 15.9 Å². The molecular weight excluding hydrogens is 348 g/mol. The minimum Gasteiger partial charge on any atom is -0.497 e. The molecule has 0 fully saturated rings. The second-order valence-corrected chi connectivity index (χ2v) is 6.36. The highest BCUT2D eigenvalue weighted by atomic mass is 79.9. The van der Waals surface area contributed by atoms with Gasteiger partial charge in [0.2, 0.25) is 0 Å².